The molecule has 1 atom stereocenters. The lowest BCUT2D eigenvalue weighted by atomic mass is 10.1. The molecule has 2 amide bonds. The number of aromatic nitrogens is 1. The second-order valence-corrected chi connectivity index (χ2v) is 9.15. The topological polar surface area (TPSA) is 62.3 Å². The second kappa shape index (κ2) is 9.17. The highest BCUT2D eigenvalue weighted by Gasteiger charge is 2.35. The van der Waals surface area contributed by atoms with Crippen molar-refractivity contribution in [2.75, 3.05) is 16.8 Å². The minimum atomic E-state index is -0.403. The van der Waals surface area contributed by atoms with E-state index >= 15 is 0 Å². The van der Waals surface area contributed by atoms with Gasteiger partial charge in [-0.05, 0) is 36.4 Å². The van der Waals surface area contributed by atoms with Gasteiger partial charge >= 0.3 is 0 Å². The number of anilines is 2. The minimum Gasteiger partial charge on any atom is -0.326 e. The van der Waals surface area contributed by atoms with Crippen molar-refractivity contribution in [3.05, 3.63) is 89.3 Å². The predicted octanol–water partition coefficient (Wildman–Crippen LogP) is 6.12. The zero-order valence-electron chi connectivity index (χ0n) is 17.6. The Balaban J connectivity index is 1.23. The highest BCUT2D eigenvalue weighted by Crippen LogP contribution is 2.30. The fraction of sp³-hybridized carbons (Fsp3) is 0.115. The van der Waals surface area contributed by atoms with Gasteiger partial charge in [-0.2, -0.15) is 0 Å². The number of thiazole rings is 1. The molecule has 33 heavy (non-hydrogen) atoms. The van der Waals surface area contributed by atoms with E-state index in [4.69, 9.17) is 16.6 Å². The summed E-state index contributed by atoms with van der Waals surface area (Å²) in [4.78, 5) is 31.6. The Hall–Kier alpha value is -3.48. The molecule has 0 saturated carbocycles. The number of amides is 2. The number of hydrogen-bond donors (Lipinski definition) is 1. The third kappa shape index (κ3) is 4.67. The van der Waals surface area contributed by atoms with E-state index in [1.165, 1.54) is 0 Å². The average Bonchev–Trinajstić information content (AvgIpc) is 3.48. The molecule has 1 unspecified atom stereocenters. The van der Waals surface area contributed by atoms with Crippen LogP contribution < -0.4 is 10.2 Å². The zero-order chi connectivity index (χ0) is 22.8. The molecule has 2 heterocycles. The Morgan fingerprint density at radius 3 is 2.42 bits per heavy atom. The third-order valence-corrected chi connectivity index (χ3v) is 6.75. The molecule has 3 aromatic carbocycles. The normalized spacial score (nSPS) is 15.6. The van der Waals surface area contributed by atoms with Gasteiger partial charge in [0, 0.05) is 45.9 Å². The highest BCUT2D eigenvalue weighted by molar-refractivity contribution is 7.13. The van der Waals surface area contributed by atoms with E-state index < -0.39 is 5.92 Å². The number of carbonyl (C=O) groups excluding carboxylic acids is 2. The molecule has 1 aliphatic heterocycles. The summed E-state index contributed by atoms with van der Waals surface area (Å²) < 4.78 is 0. The maximum atomic E-state index is 12.8. The molecule has 1 aromatic heterocycles. The van der Waals surface area contributed by atoms with Crippen molar-refractivity contribution >= 4 is 46.1 Å². The van der Waals surface area contributed by atoms with Crippen molar-refractivity contribution in [1.82, 2.24) is 4.98 Å². The van der Waals surface area contributed by atoms with Gasteiger partial charge in [-0.25, -0.2) is 4.98 Å². The maximum Gasteiger partial charge on any atom is 0.229 e. The molecule has 1 aliphatic rings. The first-order valence-electron chi connectivity index (χ1n) is 10.5. The molecule has 5 nitrogen and oxygen atoms in total. The first-order chi connectivity index (χ1) is 16.1. The number of benzene rings is 3. The van der Waals surface area contributed by atoms with Crippen molar-refractivity contribution in [2.24, 2.45) is 5.92 Å². The van der Waals surface area contributed by atoms with Gasteiger partial charge in [-0.3, -0.25) is 9.59 Å². The molecule has 1 N–H and O–H groups in total. The fourth-order valence-electron chi connectivity index (χ4n) is 3.84. The number of rotatable bonds is 5. The molecule has 164 valence electrons. The lowest BCUT2D eigenvalue weighted by Gasteiger charge is -2.16. The number of nitrogens with one attached hydrogen (secondary N) is 1. The molecule has 0 aliphatic carbocycles. The Bertz CT molecular complexity index is 1290. The number of carbonyl (C=O) groups is 2. The Morgan fingerprint density at radius 1 is 0.970 bits per heavy atom. The zero-order valence-corrected chi connectivity index (χ0v) is 19.1. The summed E-state index contributed by atoms with van der Waals surface area (Å²) in [5.74, 6) is -0.627. The third-order valence-electron chi connectivity index (χ3n) is 5.61. The Labute approximate surface area is 200 Å². The Morgan fingerprint density at radius 2 is 1.70 bits per heavy atom. The number of nitrogens with zero attached hydrogens (tertiary/aromatic N) is 2. The summed E-state index contributed by atoms with van der Waals surface area (Å²) in [6.07, 6.45) is 0.188. The minimum absolute atomic E-state index is 0.0643. The summed E-state index contributed by atoms with van der Waals surface area (Å²) in [5, 5.41) is 6.55. The van der Waals surface area contributed by atoms with E-state index in [1.807, 2.05) is 60.0 Å². The molecule has 7 heteroatoms. The summed E-state index contributed by atoms with van der Waals surface area (Å²) in [6, 6.07) is 24.8. The quantitative estimate of drug-likeness (QED) is 0.379. The maximum absolute atomic E-state index is 12.8. The molecule has 5 rings (SSSR count). The largest absolute Gasteiger partial charge is 0.326 e. The highest BCUT2D eigenvalue weighted by atomic mass is 35.5. The van der Waals surface area contributed by atoms with Crippen LogP contribution in [0.15, 0.2) is 84.2 Å². The van der Waals surface area contributed by atoms with Crippen LogP contribution in [0.25, 0.3) is 21.8 Å². The van der Waals surface area contributed by atoms with Gasteiger partial charge in [0.05, 0.1) is 11.6 Å². The van der Waals surface area contributed by atoms with Crippen molar-refractivity contribution in [1.29, 1.82) is 0 Å². The monoisotopic (exact) mass is 473 g/mol. The molecule has 0 bridgehead atoms. The molecular weight excluding hydrogens is 454 g/mol. The summed E-state index contributed by atoms with van der Waals surface area (Å²) >= 11 is 7.54. The molecule has 4 aromatic rings. The summed E-state index contributed by atoms with van der Waals surface area (Å²) in [5.41, 5.74) is 4.42. The first kappa shape index (κ1) is 21.4. The van der Waals surface area contributed by atoms with Crippen molar-refractivity contribution < 1.29 is 9.59 Å². The van der Waals surface area contributed by atoms with Crippen molar-refractivity contribution in [2.45, 2.75) is 6.42 Å². The van der Waals surface area contributed by atoms with Crippen LogP contribution in [0.1, 0.15) is 6.42 Å². The smallest absolute Gasteiger partial charge is 0.229 e. The molecular formula is C26H20ClN3O2S. The second-order valence-electron chi connectivity index (χ2n) is 7.85. The van der Waals surface area contributed by atoms with Crippen LogP contribution >= 0.6 is 22.9 Å². The van der Waals surface area contributed by atoms with Crippen LogP contribution in [-0.2, 0) is 9.59 Å². The van der Waals surface area contributed by atoms with Crippen LogP contribution in [0.2, 0.25) is 5.02 Å². The molecule has 0 radical (unpaired) electrons. The van der Waals surface area contributed by atoms with E-state index in [1.54, 1.807) is 40.5 Å². The summed E-state index contributed by atoms with van der Waals surface area (Å²) in [6.45, 7) is 0.353. The predicted molar refractivity (Wildman–Crippen MR) is 134 cm³/mol. The average molecular weight is 474 g/mol. The standard InChI is InChI=1S/C26H20ClN3O2S/c27-20-8-12-22(13-9-20)30-15-19(14-24(30)31)25(32)28-21-10-6-17(7-11-21)23-16-33-26(29-23)18-4-2-1-3-5-18/h1-13,16,19H,14-15H2,(H,28,32). The molecule has 1 fully saturated rings. The van der Waals surface area contributed by atoms with Crippen LogP contribution in [0.3, 0.4) is 0 Å². The molecule has 1 saturated heterocycles. The van der Waals surface area contributed by atoms with E-state index in [0.717, 1.165) is 27.5 Å². The van der Waals surface area contributed by atoms with Gasteiger partial charge in [0.25, 0.3) is 0 Å². The van der Waals surface area contributed by atoms with Crippen LogP contribution in [0, 0.1) is 5.92 Å². The first-order valence-corrected chi connectivity index (χ1v) is 11.8. The van der Waals surface area contributed by atoms with Crippen LogP contribution in [0.5, 0.6) is 0 Å². The fourth-order valence-corrected chi connectivity index (χ4v) is 4.80. The van der Waals surface area contributed by atoms with E-state index in [0.29, 0.717) is 17.3 Å². The Kier molecular flexibility index (Phi) is 5.94. The SMILES string of the molecule is O=C(Nc1ccc(-c2csc(-c3ccccc3)n2)cc1)C1CC(=O)N(c2ccc(Cl)cc2)C1. The molecule has 0 spiro atoms. The van der Waals surface area contributed by atoms with Crippen LogP contribution in [-0.4, -0.2) is 23.3 Å². The number of halogens is 1. The van der Waals surface area contributed by atoms with E-state index in [-0.39, 0.29) is 18.2 Å². The van der Waals surface area contributed by atoms with Gasteiger partial charge in [0.2, 0.25) is 11.8 Å². The van der Waals surface area contributed by atoms with E-state index in [9.17, 15) is 9.59 Å². The van der Waals surface area contributed by atoms with E-state index in [2.05, 4.69) is 5.32 Å². The van der Waals surface area contributed by atoms with Gasteiger partial charge in [0.1, 0.15) is 5.01 Å². The van der Waals surface area contributed by atoms with Gasteiger partial charge in [0.15, 0.2) is 0 Å². The van der Waals surface area contributed by atoms with Crippen LogP contribution in [0.4, 0.5) is 11.4 Å². The van der Waals surface area contributed by atoms with Crippen molar-refractivity contribution in [3.63, 3.8) is 0 Å². The van der Waals surface area contributed by atoms with Crippen molar-refractivity contribution in [3.8, 4) is 21.8 Å². The van der Waals surface area contributed by atoms with Gasteiger partial charge in [-0.15, -0.1) is 11.3 Å². The lowest BCUT2D eigenvalue weighted by molar-refractivity contribution is -0.122. The lowest BCUT2D eigenvalue weighted by Crippen LogP contribution is -2.28. The number of hydrogen-bond acceptors (Lipinski definition) is 4. The van der Waals surface area contributed by atoms with Gasteiger partial charge in [-0.1, -0.05) is 54.1 Å². The summed E-state index contributed by atoms with van der Waals surface area (Å²) in [7, 11) is 0. The van der Waals surface area contributed by atoms with Gasteiger partial charge < -0.3 is 10.2 Å².